The number of furan rings is 1. The molecule has 0 amide bonds. The van der Waals surface area contributed by atoms with Gasteiger partial charge >= 0.3 is 0 Å². The quantitative estimate of drug-likeness (QED) is 0.188. The van der Waals surface area contributed by atoms with Crippen LogP contribution in [0.15, 0.2) is 174 Å². The first-order valence-electron chi connectivity index (χ1n) is 16.9. The zero-order valence-corrected chi connectivity index (χ0v) is 27.7. The third-order valence-corrected chi connectivity index (χ3v) is 11.4. The summed E-state index contributed by atoms with van der Waals surface area (Å²) in [5, 5.41) is 9.49. The molecule has 3 nitrogen and oxygen atoms in total. The van der Waals surface area contributed by atoms with E-state index in [1.54, 1.807) is 0 Å². The van der Waals surface area contributed by atoms with Gasteiger partial charge in [0.05, 0.1) is 38.2 Å². The summed E-state index contributed by atoms with van der Waals surface area (Å²) in [6, 6.07) is 61.2. The molecule has 0 saturated heterocycles. The molecule has 0 aliphatic rings. The molecule has 0 saturated carbocycles. The number of nitrogens with zero attached hydrogens (tertiary/aromatic N) is 2. The number of hydrogen-bond acceptors (Lipinski definition) is 3. The molecule has 0 spiro atoms. The first-order chi connectivity index (χ1) is 24.8. The molecule has 11 aromatic rings. The minimum absolute atomic E-state index is 0.876. The van der Waals surface area contributed by atoms with Crippen molar-refractivity contribution in [3.63, 3.8) is 0 Å². The van der Waals surface area contributed by atoms with Gasteiger partial charge in [0, 0.05) is 42.7 Å². The Kier molecular flexibility index (Phi) is 5.83. The smallest absolute Gasteiger partial charge is 0.143 e. The molecular formula is C46H28N2OS. The monoisotopic (exact) mass is 656 g/mol. The Morgan fingerprint density at radius 3 is 2.00 bits per heavy atom. The van der Waals surface area contributed by atoms with E-state index in [2.05, 4.69) is 179 Å². The van der Waals surface area contributed by atoms with E-state index < -0.39 is 0 Å². The highest BCUT2D eigenvalue weighted by Gasteiger charge is 2.26. The van der Waals surface area contributed by atoms with E-state index in [9.17, 15) is 0 Å². The van der Waals surface area contributed by atoms with Crippen molar-refractivity contribution in [2.75, 3.05) is 4.90 Å². The minimum Gasteiger partial charge on any atom is -0.455 e. The van der Waals surface area contributed by atoms with Gasteiger partial charge in [-0.3, -0.25) is 0 Å². The van der Waals surface area contributed by atoms with Crippen molar-refractivity contribution in [1.82, 2.24) is 4.57 Å². The predicted molar refractivity (Wildman–Crippen MR) is 213 cm³/mol. The minimum atomic E-state index is 0.876. The van der Waals surface area contributed by atoms with Crippen molar-refractivity contribution >= 4 is 103 Å². The fourth-order valence-electron chi connectivity index (χ4n) is 8.06. The molecule has 0 radical (unpaired) electrons. The molecular weight excluding hydrogens is 629 g/mol. The maximum absolute atomic E-state index is 6.76. The highest BCUT2D eigenvalue weighted by molar-refractivity contribution is 7.26. The number of benzene rings is 8. The number of thiophene rings is 1. The summed E-state index contributed by atoms with van der Waals surface area (Å²) >= 11 is 1.86. The van der Waals surface area contributed by atoms with E-state index in [-0.39, 0.29) is 0 Å². The van der Waals surface area contributed by atoms with E-state index in [0.717, 1.165) is 50.1 Å². The van der Waals surface area contributed by atoms with Crippen molar-refractivity contribution in [3.8, 4) is 5.69 Å². The molecule has 0 bridgehead atoms. The topological polar surface area (TPSA) is 21.3 Å². The van der Waals surface area contributed by atoms with Crippen LogP contribution < -0.4 is 4.90 Å². The van der Waals surface area contributed by atoms with Crippen molar-refractivity contribution in [2.24, 2.45) is 0 Å². The number of fused-ring (bicyclic) bond motifs is 11. The van der Waals surface area contributed by atoms with Crippen LogP contribution in [0.1, 0.15) is 0 Å². The Balaban J connectivity index is 1.31. The third-order valence-electron chi connectivity index (χ3n) is 10.2. The van der Waals surface area contributed by atoms with Crippen molar-refractivity contribution in [1.29, 1.82) is 0 Å². The highest BCUT2D eigenvalue weighted by atomic mass is 32.1. The van der Waals surface area contributed by atoms with Crippen LogP contribution in [0.4, 0.5) is 17.1 Å². The number of anilines is 3. The van der Waals surface area contributed by atoms with Crippen molar-refractivity contribution in [2.45, 2.75) is 0 Å². The van der Waals surface area contributed by atoms with E-state index >= 15 is 0 Å². The van der Waals surface area contributed by atoms with Crippen LogP contribution in [0.3, 0.4) is 0 Å². The summed E-state index contributed by atoms with van der Waals surface area (Å²) in [4.78, 5) is 2.49. The molecule has 8 aromatic carbocycles. The molecule has 0 fully saturated rings. The SMILES string of the molecule is c1ccc(-n2c3ccccc3c3c(N(c4cccc5c4sc4ccccc45)c4cccc5oc6c7ccccc7ccc6c45)cccc32)cc1. The Hall–Kier alpha value is -6.36. The van der Waals surface area contributed by atoms with Gasteiger partial charge in [0.15, 0.2) is 0 Å². The van der Waals surface area contributed by atoms with Crippen LogP contribution in [-0.2, 0) is 0 Å². The zero-order chi connectivity index (χ0) is 32.8. The van der Waals surface area contributed by atoms with Gasteiger partial charge in [-0.25, -0.2) is 0 Å². The van der Waals surface area contributed by atoms with Gasteiger partial charge in [-0.05, 0) is 66.0 Å². The van der Waals surface area contributed by atoms with Crippen LogP contribution in [0.2, 0.25) is 0 Å². The number of hydrogen-bond donors (Lipinski definition) is 0. The second kappa shape index (κ2) is 10.6. The van der Waals surface area contributed by atoms with E-state index in [0.29, 0.717) is 0 Å². The molecule has 0 aliphatic carbocycles. The average molecular weight is 657 g/mol. The summed E-state index contributed by atoms with van der Waals surface area (Å²) in [6.45, 7) is 0. The molecule has 0 N–H and O–H groups in total. The summed E-state index contributed by atoms with van der Waals surface area (Å²) in [6.07, 6.45) is 0. The van der Waals surface area contributed by atoms with Crippen molar-refractivity contribution in [3.05, 3.63) is 170 Å². The highest BCUT2D eigenvalue weighted by Crippen LogP contribution is 2.51. The lowest BCUT2D eigenvalue weighted by molar-refractivity contribution is 0.672. The first-order valence-corrected chi connectivity index (χ1v) is 17.8. The summed E-state index contributed by atoms with van der Waals surface area (Å²) in [5.41, 5.74) is 8.65. The summed E-state index contributed by atoms with van der Waals surface area (Å²) in [7, 11) is 0. The van der Waals surface area contributed by atoms with Gasteiger partial charge in [-0.1, -0.05) is 109 Å². The van der Waals surface area contributed by atoms with Crippen molar-refractivity contribution < 1.29 is 4.42 Å². The molecule has 11 rings (SSSR count). The van der Waals surface area contributed by atoms with Gasteiger partial charge in [-0.15, -0.1) is 11.3 Å². The Labute approximate surface area is 291 Å². The lowest BCUT2D eigenvalue weighted by atomic mass is 10.0. The standard InChI is InChI=1S/C46H28N2OS/c1-2-14-30(15-3-1)47-36-20-8-6-18-34(36)43-37(47)21-11-22-38(43)48(40-24-10-19-33-32-17-7-9-26-42(32)50-46(33)40)39-23-12-25-41-44(39)35-28-27-29-13-4-5-16-31(29)45(35)49-41/h1-28H. The van der Waals surface area contributed by atoms with E-state index in [1.807, 2.05) is 11.3 Å². The maximum Gasteiger partial charge on any atom is 0.143 e. The van der Waals surface area contributed by atoms with Crippen LogP contribution >= 0.6 is 11.3 Å². The molecule has 4 heteroatoms. The van der Waals surface area contributed by atoms with Gasteiger partial charge < -0.3 is 13.9 Å². The van der Waals surface area contributed by atoms with E-state index in [1.165, 1.54) is 47.4 Å². The molecule has 234 valence electrons. The fraction of sp³-hybridized carbons (Fsp3) is 0. The van der Waals surface area contributed by atoms with Crippen LogP contribution in [0.25, 0.3) is 80.4 Å². The fourth-order valence-corrected chi connectivity index (χ4v) is 9.27. The zero-order valence-electron chi connectivity index (χ0n) is 26.9. The lowest BCUT2D eigenvalue weighted by Gasteiger charge is -2.28. The molecule has 3 aromatic heterocycles. The Bertz CT molecular complexity index is 3110. The second-order valence-corrected chi connectivity index (χ2v) is 13.9. The van der Waals surface area contributed by atoms with Crippen LogP contribution in [0, 0.1) is 0 Å². The average Bonchev–Trinajstić information content (AvgIpc) is 3.86. The second-order valence-electron chi connectivity index (χ2n) is 12.9. The largest absolute Gasteiger partial charge is 0.455 e. The third kappa shape index (κ3) is 3.85. The van der Waals surface area contributed by atoms with Crippen LogP contribution in [-0.4, -0.2) is 4.57 Å². The van der Waals surface area contributed by atoms with Gasteiger partial charge in [0.1, 0.15) is 11.2 Å². The van der Waals surface area contributed by atoms with Gasteiger partial charge in [-0.2, -0.15) is 0 Å². The number of rotatable bonds is 4. The maximum atomic E-state index is 6.76. The van der Waals surface area contributed by atoms with Gasteiger partial charge in [0.25, 0.3) is 0 Å². The number of aromatic nitrogens is 1. The first kappa shape index (κ1) is 27.6. The molecule has 50 heavy (non-hydrogen) atoms. The number of para-hydroxylation sites is 2. The molecule has 0 unspecified atom stereocenters. The lowest BCUT2D eigenvalue weighted by Crippen LogP contribution is -2.11. The Morgan fingerprint density at radius 1 is 0.440 bits per heavy atom. The van der Waals surface area contributed by atoms with Gasteiger partial charge in [0.2, 0.25) is 0 Å². The summed E-state index contributed by atoms with van der Waals surface area (Å²) in [5.74, 6) is 0. The molecule has 3 heterocycles. The normalized spacial score (nSPS) is 12.0. The van der Waals surface area contributed by atoms with Crippen LogP contribution in [0.5, 0.6) is 0 Å². The predicted octanol–water partition coefficient (Wildman–Crippen LogP) is 13.7. The molecule has 0 atom stereocenters. The van der Waals surface area contributed by atoms with E-state index in [4.69, 9.17) is 4.42 Å². The summed E-state index contributed by atoms with van der Waals surface area (Å²) < 4.78 is 11.7. The Morgan fingerprint density at radius 2 is 1.10 bits per heavy atom. The molecule has 0 aliphatic heterocycles.